The van der Waals surface area contributed by atoms with E-state index in [0.29, 0.717) is 17.1 Å². The van der Waals surface area contributed by atoms with Crippen LogP contribution in [-0.4, -0.2) is 5.78 Å². The third-order valence-electron chi connectivity index (χ3n) is 7.37. The van der Waals surface area contributed by atoms with Crippen LogP contribution >= 0.6 is 0 Å². The molecule has 2 bridgehead atoms. The molecule has 0 spiro atoms. The minimum absolute atomic E-state index is 0.0216. The molecule has 4 rings (SSSR count). The second kappa shape index (κ2) is 3.74. The number of hydrogen-bond acceptors (Lipinski definition) is 1. The molecule has 0 amide bonds. The molecule has 0 radical (unpaired) electrons. The van der Waals surface area contributed by atoms with Crippen molar-refractivity contribution in [1.82, 2.24) is 0 Å². The average molecular weight is 258 g/mol. The van der Waals surface area contributed by atoms with Crippen LogP contribution in [-0.2, 0) is 4.79 Å². The molecule has 3 fully saturated rings. The van der Waals surface area contributed by atoms with Crippen molar-refractivity contribution in [3.05, 3.63) is 12.2 Å². The summed E-state index contributed by atoms with van der Waals surface area (Å²) in [6.07, 6.45) is 13.7. The van der Waals surface area contributed by atoms with Gasteiger partial charge in [-0.2, -0.15) is 0 Å². The zero-order valence-corrected chi connectivity index (χ0v) is 12.3. The molecule has 0 heterocycles. The van der Waals surface area contributed by atoms with Crippen LogP contribution in [0.25, 0.3) is 0 Å². The van der Waals surface area contributed by atoms with Gasteiger partial charge in [0.2, 0.25) is 0 Å². The van der Waals surface area contributed by atoms with Crippen molar-refractivity contribution in [2.45, 2.75) is 58.8 Å². The highest BCUT2D eigenvalue weighted by Gasteiger charge is 2.59. The van der Waals surface area contributed by atoms with Gasteiger partial charge in [-0.15, -0.1) is 0 Å². The van der Waals surface area contributed by atoms with Gasteiger partial charge in [0, 0.05) is 11.3 Å². The van der Waals surface area contributed by atoms with Crippen LogP contribution in [0.5, 0.6) is 0 Å². The Labute approximate surface area is 116 Å². The molecule has 1 heteroatoms. The van der Waals surface area contributed by atoms with Crippen LogP contribution in [0, 0.1) is 34.5 Å². The summed E-state index contributed by atoms with van der Waals surface area (Å²) >= 11 is 0. The van der Waals surface area contributed by atoms with Gasteiger partial charge in [-0.3, -0.25) is 4.79 Å². The van der Waals surface area contributed by atoms with Gasteiger partial charge < -0.3 is 0 Å². The lowest BCUT2D eigenvalue weighted by molar-refractivity contribution is -0.149. The molecular formula is C18H26O. The van der Waals surface area contributed by atoms with Gasteiger partial charge in [0.25, 0.3) is 0 Å². The largest absolute Gasteiger partial charge is 0.298 e. The van der Waals surface area contributed by atoms with E-state index < -0.39 is 0 Å². The monoisotopic (exact) mass is 258 g/mol. The fraction of sp³-hybridized carbons (Fsp3) is 0.833. The predicted octanol–water partition coefficient (Wildman–Crippen LogP) is 4.37. The smallest absolute Gasteiger partial charge is 0.146 e. The molecule has 0 saturated heterocycles. The van der Waals surface area contributed by atoms with Crippen molar-refractivity contribution < 1.29 is 4.79 Å². The number of allylic oxidation sites excluding steroid dienone is 2. The van der Waals surface area contributed by atoms with Crippen molar-refractivity contribution in [1.29, 1.82) is 0 Å². The Morgan fingerprint density at radius 1 is 1.16 bits per heavy atom. The van der Waals surface area contributed by atoms with E-state index in [9.17, 15) is 4.79 Å². The van der Waals surface area contributed by atoms with Gasteiger partial charge in [-0.05, 0) is 61.7 Å². The first-order valence-electron chi connectivity index (χ1n) is 8.26. The molecule has 0 N–H and O–H groups in total. The minimum Gasteiger partial charge on any atom is -0.298 e. The summed E-state index contributed by atoms with van der Waals surface area (Å²) in [5, 5.41) is 0. The zero-order valence-electron chi connectivity index (χ0n) is 12.3. The maximum atomic E-state index is 12.7. The van der Waals surface area contributed by atoms with Crippen LogP contribution < -0.4 is 0 Å². The highest BCUT2D eigenvalue weighted by molar-refractivity contribution is 5.90. The Morgan fingerprint density at radius 3 is 2.84 bits per heavy atom. The number of rotatable bonds is 0. The van der Waals surface area contributed by atoms with Crippen LogP contribution in [0.2, 0.25) is 0 Å². The predicted molar refractivity (Wildman–Crippen MR) is 76.6 cm³/mol. The molecule has 0 aromatic rings. The maximum absolute atomic E-state index is 12.7. The number of Topliss-reactive ketones (excluding diaryl/α,β-unsaturated/α-hetero) is 1. The number of ketones is 1. The van der Waals surface area contributed by atoms with Crippen LogP contribution in [0.15, 0.2) is 12.2 Å². The molecule has 4 aliphatic rings. The van der Waals surface area contributed by atoms with Crippen LogP contribution in [0.1, 0.15) is 58.8 Å². The number of carbonyl (C=O) groups excluding carboxylic acids is 1. The number of hydrogen-bond donors (Lipinski definition) is 0. The summed E-state index contributed by atoms with van der Waals surface area (Å²) in [7, 11) is 0. The molecular weight excluding hydrogens is 232 g/mol. The summed E-state index contributed by atoms with van der Waals surface area (Å²) in [6.45, 7) is 4.81. The van der Waals surface area contributed by atoms with Gasteiger partial charge in [-0.1, -0.05) is 32.4 Å². The summed E-state index contributed by atoms with van der Waals surface area (Å²) in [5.74, 6) is 3.24. The van der Waals surface area contributed by atoms with Gasteiger partial charge in [0.15, 0.2) is 0 Å². The van der Waals surface area contributed by atoms with E-state index in [2.05, 4.69) is 26.0 Å². The van der Waals surface area contributed by atoms with Gasteiger partial charge in [-0.25, -0.2) is 0 Å². The zero-order chi connectivity index (χ0) is 13.3. The molecule has 19 heavy (non-hydrogen) atoms. The Kier molecular flexibility index (Phi) is 2.40. The molecule has 0 aliphatic heterocycles. The van der Waals surface area contributed by atoms with E-state index in [4.69, 9.17) is 0 Å². The molecule has 3 saturated carbocycles. The Morgan fingerprint density at radius 2 is 2.00 bits per heavy atom. The molecule has 104 valence electrons. The first-order chi connectivity index (χ1) is 9.05. The van der Waals surface area contributed by atoms with Crippen molar-refractivity contribution >= 4 is 5.78 Å². The number of fused-ring (bicyclic) bond motifs is 6. The van der Waals surface area contributed by atoms with Gasteiger partial charge in [0.05, 0.1) is 0 Å². The summed E-state index contributed by atoms with van der Waals surface area (Å²) < 4.78 is 0. The minimum atomic E-state index is -0.0216. The first-order valence-corrected chi connectivity index (χ1v) is 8.26. The van der Waals surface area contributed by atoms with Gasteiger partial charge in [0.1, 0.15) is 5.78 Å². The van der Waals surface area contributed by atoms with Crippen molar-refractivity contribution in [3.8, 4) is 0 Å². The third kappa shape index (κ3) is 1.45. The second-order valence-corrected chi connectivity index (χ2v) is 8.22. The maximum Gasteiger partial charge on any atom is 0.146 e. The normalized spacial score (nSPS) is 55.8. The molecule has 4 aliphatic carbocycles. The van der Waals surface area contributed by atoms with E-state index in [1.54, 1.807) is 0 Å². The highest BCUT2D eigenvalue weighted by Crippen LogP contribution is 2.64. The average Bonchev–Trinajstić information content (AvgIpc) is 2.75. The third-order valence-corrected chi connectivity index (χ3v) is 7.37. The Bertz CT molecular complexity index is 451. The lowest BCUT2D eigenvalue weighted by atomic mass is 9.46. The van der Waals surface area contributed by atoms with E-state index in [0.717, 1.165) is 24.7 Å². The Hall–Kier alpha value is -0.590. The summed E-state index contributed by atoms with van der Waals surface area (Å²) in [4.78, 5) is 12.7. The van der Waals surface area contributed by atoms with E-state index in [-0.39, 0.29) is 11.3 Å². The van der Waals surface area contributed by atoms with E-state index in [1.807, 2.05) is 0 Å². The van der Waals surface area contributed by atoms with Crippen LogP contribution in [0.4, 0.5) is 0 Å². The first kappa shape index (κ1) is 12.2. The van der Waals surface area contributed by atoms with Crippen LogP contribution in [0.3, 0.4) is 0 Å². The van der Waals surface area contributed by atoms with Gasteiger partial charge >= 0.3 is 0 Å². The fourth-order valence-corrected chi connectivity index (χ4v) is 6.30. The number of carbonyl (C=O) groups is 1. The summed E-state index contributed by atoms with van der Waals surface area (Å²) in [5.41, 5.74) is 0.585. The quantitative estimate of drug-likeness (QED) is 0.589. The fourth-order valence-electron chi connectivity index (χ4n) is 6.30. The highest BCUT2D eigenvalue weighted by atomic mass is 16.1. The molecule has 0 aromatic heterocycles. The molecule has 1 nitrogen and oxygen atoms in total. The molecule has 0 aromatic carbocycles. The van der Waals surface area contributed by atoms with E-state index >= 15 is 0 Å². The Balaban J connectivity index is 1.75. The van der Waals surface area contributed by atoms with E-state index in [1.165, 1.54) is 32.1 Å². The van der Waals surface area contributed by atoms with Crippen molar-refractivity contribution in [2.24, 2.45) is 34.5 Å². The lowest BCUT2D eigenvalue weighted by Gasteiger charge is -2.57. The van der Waals surface area contributed by atoms with Crippen molar-refractivity contribution in [2.75, 3.05) is 0 Å². The summed E-state index contributed by atoms with van der Waals surface area (Å²) in [6, 6.07) is 0. The second-order valence-electron chi connectivity index (χ2n) is 8.22. The topological polar surface area (TPSA) is 17.1 Å². The molecule has 0 unspecified atom stereocenters. The standard InChI is InChI=1S/C18H26O/c1-17-8-4-6-14(17)13-11-12-5-3-9-18(2,16(12)19)15(13)7-10-17/h3,5,12-15H,4,6-11H2,1-2H3/t12-,13-,14-,15+,17+,18-/m0/s1. The molecule has 6 atom stereocenters. The lowest BCUT2D eigenvalue weighted by Crippen LogP contribution is -2.54. The SMILES string of the molecule is C[C@]12CCC[C@H]1[C@@H]1C[C@@H]3C=CC[C@](C)(C3=O)[C@@H]1CC2. The van der Waals surface area contributed by atoms with Crippen molar-refractivity contribution in [3.63, 3.8) is 0 Å².